The third-order valence-corrected chi connectivity index (χ3v) is 8.77. The highest BCUT2D eigenvalue weighted by Crippen LogP contribution is 2.51. The molecule has 1 heterocycles. The first-order valence-corrected chi connectivity index (χ1v) is 14.3. The van der Waals surface area contributed by atoms with E-state index in [1.807, 2.05) is 0 Å². The number of nitrogens with zero attached hydrogens (tertiary/aromatic N) is 1. The van der Waals surface area contributed by atoms with Crippen LogP contribution >= 0.6 is 0 Å². The average molecular weight is 487 g/mol. The van der Waals surface area contributed by atoms with Gasteiger partial charge in [0.25, 0.3) is 0 Å². The van der Waals surface area contributed by atoms with Gasteiger partial charge in [-0.2, -0.15) is 0 Å². The summed E-state index contributed by atoms with van der Waals surface area (Å²) in [4.78, 5) is 8.80. The van der Waals surface area contributed by atoms with Crippen molar-refractivity contribution >= 4 is 21.5 Å². The number of aromatic amines is 1. The molecule has 0 unspecified atom stereocenters. The number of fused-ring (bicyclic) bond motifs is 5. The number of imidazole rings is 1. The van der Waals surface area contributed by atoms with E-state index in [4.69, 9.17) is 4.98 Å². The number of H-pyrrole nitrogens is 1. The zero-order chi connectivity index (χ0) is 25.2. The van der Waals surface area contributed by atoms with Gasteiger partial charge in [0.05, 0.1) is 5.69 Å². The van der Waals surface area contributed by atoms with Crippen LogP contribution in [0.1, 0.15) is 81.7 Å². The fourth-order valence-corrected chi connectivity index (χ4v) is 6.89. The Morgan fingerprint density at radius 3 is 2.30 bits per heavy atom. The monoisotopic (exact) mass is 486 g/mol. The minimum Gasteiger partial charge on any atom is -0.348 e. The van der Waals surface area contributed by atoms with Gasteiger partial charge in [0.15, 0.2) is 0 Å². The smallest absolute Gasteiger partial charge is 0.110 e. The Morgan fingerprint density at radius 2 is 1.51 bits per heavy atom. The number of benzene rings is 4. The van der Waals surface area contributed by atoms with Crippen LogP contribution in [0.2, 0.25) is 0 Å². The fourth-order valence-electron chi connectivity index (χ4n) is 6.89. The highest BCUT2D eigenvalue weighted by molar-refractivity contribution is 6.08. The molecule has 37 heavy (non-hydrogen) atoms. The number of rotatable bonds is 8. The summed E-state index contributed by atoms with van der Waals surface area (Å²) in [5, 5.41) is 5.51. The predicted octanol–water partition coefficient (Wildman–Crippen LogP) is 9.73. The van der Waals surface area contributed by atoms with E-state index in [9.17, 15) is 0 Å². The van der Waals surface area contributed by atoms with Crippen molar-refractivity contribution in [2.75, 3.05) is 0 Å². The topological polar surface area (TPSA) is 28.7 Å². The molecule has 0 amide bonds. The molecule has 1 atom stereocenters. The maximum absolute atomic E-state index is 5.18. The van der Waals surface area contributed by atoms with E-state index in [-0.39, 0.29) is 5.41 Å². The first-order valence-electron chi connectivity index (χ1n) is 14.3. The van der Waals surface area contributed by atoms with Crippen LogP contribution in [-0.2, 0) is 11.8 Å². The van der Waals surface area contributed by atoms with Crippen LogP contribution in [0, 0.1) is 0 Å². The molecular formula is C35H38N2. The first kappa shape index (κ1) is 24.0. The van der Waals surface area contributed by atoms with Gasteiger partial charge in [-0.1, -0.05) is 118 Å². The molecule has 0 bridgehead atoms. The lowest BCUT2D eigenvalue weighted by Crippen LogP contribution is -2.35. The Morgan fingerprint density at radius 1 is 0.784 bits per heavy atom. The van der Waals surface area contributed by atoms with E-state index in [1.165, 1.54) is 72.1 Å². The maximum atomic E-state index is 5.18. The molecule has 0 fully saturated rings. The lowest BCUT2D eigenvalue weighted by atomic mass is 9.61. The first-order chi connectivity index (χ1) is 18.2. The van der Waals surface area contributed by atoms with Gasteiger partial charge in [-0.05, 0) is 63.8 Å². The summed E-state index contributed by atoms with van der Waals surface area (Å²) in [6, 6.07) is 29.0. The second-order valence-corrected chi connectivity index (χ2v) is 11.1. The van der Waals surface area contributed by atoms with Crippen molar-refractivity contribution < 1.29 is 0 Å². The molecule has 0 saturated carbocycles. The highest BCUT2D eigenvalue weighted by atomic mass is 14.9. The number of unbranched alkanes of at least 4 members (excludes halogenated alkanes) is 2. The Balaban J connectivity index is 1.51. The van der Waals surface area contributed by atoms with Gasteiger partial charge < -0.3 is 4.98 Å². The SMILES string of the molecule is CCCCC1(CCCC)C[C@@H](c2nc(-c3ccccc3)c[nH]2)Cc2c1ccc1c2ccc2ccccc21. The lowest BCUT2D eigenvalue weighted by molar-refractivity contribution is 0.272. The number of hydrogen-bond acceptors (Lipinski definition) is 1. The van der Waals surface area contributed by atoms with Crippen LogP contribution in [0.15, 0.2) is 85.1 Å². The van der Waals surface area contributed by atoms with Crippen LogP contribution in [-0.4, -0.2) is 9.97 Å². The molecule has 1 aliphatic rings. The van der Waals surface area contributed by atoms with Crippen molar-refractivity contribution in [1.82, 2.24) is 9.97 Å². The van der Waals surface area contributed by atoms with Gasteiger partial charge >= 0.3 is 0 Å². The van der Waals surface area contributed by atoms with Crippen molar-refractivity contribution in [3.05, 3.63) is 102 Å². The Labute approximate surface area is 221 Å². The second kappa shape index (κ2) is 10.2. The molecule has 0 radical (unpaired) electrons. The molecule has 6 rings (SSSR count). The van der Waals surface area contributed by atoms with Crippen molar-refractivity contribution in [2.24, 2.45) is 0 Å². The second-order valence-electron chi connectivity index (χ2n) is 11.1. The largest absolute Gasteiger partial charge is 0.348 e. The van der Waals surface area contributed by atoms with Gasteiger partial charge in [-0.15, -0.1) is 0 Å². The lowest BCUT2D eigenvalue weighted by Gasteiger charge is -2.43. The van der Waals surface area contributed by atoms with Crippen LogP contribution < -0.4 is 0 Å². The highest BCUT2D eigenvalue weighted by Gasteiger charge is 2.41. The molecule has 188 valence electrons. The van der Waals surface area contributed by atoms with Gasteiger partial charge in [-0.25, -0.2) is 4.98 Å². The third-order valence-electron chi connectivity index (χ3n) is 8.77. The van der Waals surface area contributed by atoms with E-state index in [0.717, 1.165) is 17.9 Å². The summed E-state index contributed by atoms with van der Waals surface area (Å²) in [7, 11) is 0. The molecule has 1 aliphatic carbocycles. The molecule has 0 spiro atoms. The average Bonchev–Trinajstić information content (AvgIpc) is 3.45. The van der Waals surface area contributed by atoms with Crippen LogP contribution in [0.25, 0.3) is 32.8 Å². The minimum atomic E-state index is 0.212. The third kappa shape index (κ3) is 4.37. The summed E-state index contributed by atoms with van der Waals surface area (Å²) in [5.41, 5.74) is 5.62. The molecule has 1 aromatic heterocycles. The molecule has 2 heteroatoms. The van der Waals surface area contributed by atoms with E-state index >= 15 is 0 Å². The summed E-state index contributed by atoms with van der Waals surface area (Å²) >= 11 is 0. The molecule has 0 aliphatic heterocycles. The van der Waals surface area contributed by atoms with Crippen molar-refractivity contribution in [2.45, 2.75) is 76.5 Å². The number of nitrogens with one attached hydrogen (secondary N) is 1. The van der Waals surface area contributed by atoms with E-state index < -0.39 is 0 Å². The summed E-state index contributed by atoms with van der Waals surface area (Å²) in [6.07, 6.45) is 11.9. The molecular weight excluding hydrogens is 448 g/mol. The molecule has 4 aromatic carbocycles. The molecule has 1 N–H and O–H groups in total. The van der Waals surface area contributed by atoms with Crippen LogP contribution in [0.4, 0.5) is 0 Å². The Kier molecular flexibility index (Phi) is 6.59. The van der Waals surface area contributed by atoms with Gasteiger partial charge in [0.1, 0.15) is 5.82 Å². The van der Waals surface area contributed by atoms with E-state index in [2.05, 4.69) is 104 Å². The quantitative estimate of drug-likeness (QED) is 0.217. The minimum absolute atomic E-state index is 0.212. The zero-order valence-electron chi connectivity index (χ0n) is 22.3. The van der Waals surface area contributed by atoms with Gasteiger partial charge in [0.2, 0.25) is 0 Å². The summed E-state index contributed by atoms with van der Waals surface area (Å²) in [5.74, 6) is 1.55. The molecule has 5 aromatic rings. The normalized spacial score (nSPS) is 16.8. The fraction of sp³-hybridized carbons (Fsp3) is 0.343. The molecule has 0 saturated heterocycles. The number of hydrogen-bond donors (Lipinski definition) is 1. The standard InChI is InChI=1S/C35H38N2/c1-3-5-20-35(21-6-4-2)23-27(34-36-24-33(37-34)26-13-8-7-9-14-26)22-31-30-17-16-25-12-10-11-15-28(25)29(30)18-19-32(31)35/h7-19,24,27H,3-6,20-23H2,1-2H3,(H,36,37)/t27-/m0/s1. The van der Waals surface area contributed by atoms with Gasteiger partial charge in [0, 0.05) is 17.7 Å². The maximum Gasteiger partial charge on any atom is 0.110 e. The Bertz CT molecular complexity index is 1500. The van der Waals surface area contributed by atoms with Crippen molar-refractivity contribution in [3.63, 3.8) is 0 Å². The summed E-state index contributed by atoms with van der Waals surface area (Å²) < 4.78 is 0. The van der Waals surface area contributed by atoms with Crippen LogP contribution in [0.3, 0.4) is 0 Å². The van der Waals surface area contributed by atoms with E-state index in [0.29, 0.717) is 5.92 Å². The van der Waals surface area contributed by atoms with Crippen molar-refractivity contribution in [1.29, 1.82) is 0 Å². The molecule has 2 nitrogen and oxygen atoms in total. The number of aromatic nitrogens is 2. The summed E-state index contributed by atoms with van der Waals surface area (Å²) in [6.45, 7) is 4.67. The zero-order valence-corrected chi connectivity index (χ0v) is 22.3. The van der Waals surface area contributed by atoms with Gasteiger partial charge in [-0.3, -0.25) is 0 Å². The van der Waals surface area contributed by atoms with E-state index in [1.54, 1.807) is 11.1 Å². The van der Waals surface area contributed by atoms with Crippen molar-refractivity contribution in [3.8, 4) is 11.3 Å². The van der Waals surface area contributed by atoms with Crippen LogP contribution in [0.5, 0.6) is 0 Å². The Hall–Kier alpha value is -3.39. The predicted molar refractivity (Wildman–Crippen MR) is 157 cm³/mol.